The van der Waals surface area contributed by atoms with Crippen LogP contribution in [0.5, 0.6) is 11.5 Å². The lowest BCUT2D eigenvalue weighted by Crippen LogP contribution is -2.32. The number of rotatable bonds is 2. The number of fused-ring (bicyclic) bond motifs is 2. The van der Waals surface area contributed by atoms with Crippen LogP contribution in [0.15, 0.2) is 47.4 Å². The molecule has 1 atom stereocenters. The van der Waals surface area contributed by atoms with Crippen molar-refractivity contribution in [2.75, 3.05) is 12.4 Å². The normalized spacial score (nSPS) is 19.1. The van der Waals surface area contributed by atoms with Crippen LogP contribution in [0.3, 0.4) is 0 Å². The number of para-hydroxylation sites is 2. The molecule has 0 spiro atoms. The highest BCUT2D eigenvalue weighted by Gasteiger charge is 2.30. The molecular formula is C17H14O3S. The molecule has 0 fully saturated rings. The summed E-state index contributed by atoms with van der Waals surface area (Å²) in [7, 11) is 0. The van der Waals surface area contributed by atoms with Crippen LogP contribution in [0.4, 0.5) is 0 Å². The van der Waals surface area contributed by atoms with Crippen LogP contribution in [0.25, 0.3) is 0 Å². The average Bonchev–Trinajstić information content (AvgIpc) is 3.02. The fourth-order valence-corrected chi connectivity index (χ4v) is 3.71. The lowest BCUT2D eigenvalue weighted by Gasteiger charge is -2.24. The Kier molecular flexibility index (Phi) is 3.11. The molecule has 2 aromatic rings. The van der Waals surface area contributed by atoms with Crippen LogP contribution < -0.4 is 9.47 Å². The van der Waals surface area contributed by atoms with E-state index in [0.717, 1.165) is 28.4 Å². The summed E-state index contributed by atoms with van der Waals surface area (Å²) in [5, 5.41) is 0. The van der Waals surface area contributed by atoms with Crippen molar-refractivity contribution in [1.82, 2.24) is 0 Å². The van der Waals surface area contributed by atoms with Gasteiger partial charge in [-0.1, -0.05) is 24.3 Å². The molecule has 0 saturated carbocycles. The minimum atomic E-state index is -0.444. The lowest BCUT2D eigenvalue weighted by atomic mass is 10.0. The maximum Gasteiger partial charge on any atom is 0.207 e. The molecule has 1 unspecified atom stereocenters. The minimum Gasteiger partial charge on any atom is -0.492 e. The van der Waals surface area contributed by atoms with Gasteiger partial charge in [-0.2, -0.15) is 0 Å². The first kappa shape index (κ1) is 12.8. The molecule has 4 heteroatoms. The Labute approximate surface area is 127 Å². The third kappa shape index (κ3) is 2.20. The highest BCUT2D eigenvalue weighted by molar-refractivity contribution is 7.99. The second kappa shape index (κ2) is 5.11. The highest BCUT2D eigenvalue weighted by Crippen LogP contribution is 2.37. The zero-order valence-corrected chi connectivity index (χ0v) is 12.2. The van der Waals surface area contributed by atoms with E-state index < -0.39 is 6.10 Å². The van der Waals surface area contributed by atoms with E-state index in [1.165, 1.54) is 0 Å². The maximum absolute atomic E-state index is 12.8. The zero-order chi connectivity index (χ0) is 14.2. The smallest absolute Gasteiger partial charge is 0.207 e. The Morgan fingerprint density at radius 2 is 2.05 bits per heavy atom. The Hall–Kier alpha value is -1.94. The van der Waals surface area contributed by atoms with Crippen molar-refractivity contribution in [2.24, 2.45) is 0 Å². The summed E-state index contributed by atoms with van der Waals surface area (Å²) in [5.41, 5.74) is 1.76. The van der Waals surface area contributed by atoms with Crippen molar-refractivity contribution in [3.05, 3.63) is 53.6 Å². The number of hydrogen-bond donors (Lipinski definition) is 0. The summed E-state index contributed by atoms with van der Waals surface area (Å²) in [6.45, 7) is 0.655. The van der Waals surface area contributed by atoms with Crippen LogP contribution in [-0.4, -0.2) is 24.2 Å². The van der Waals surface area contributed by atoms with Gasteiger partial charge in [0, 0.05) is 17.1 Å². The molecule has 0 aromatic heterocycles. The molecule has 0 bridgehead atoms. The molecule has 0 amide bonds. The molecule has 2 heterocycles. The lowest BCUT2D eigenvalue weighted by molar-refractivity contribution is 0.0812. The quantitative estimate of drug-likeness (QED) is 0.797. The number of hydrogen-bond acceptors (Lipinski definition) is 4. The van der Waals surface area contributed by atoms with Gasteiger partial charge in [-0.25, -0.2) is 0 Å². The number of thioether (sulfide) groups is 1. The third-order valence-electron chi connectivity index (χ3n) is 3.78. The summed E-state index contributed by atoms with van der Waals surface area (Å²) in [6, 6.07) is 13.6. The topological polar surface area (TPSA) is 35.5 Å². The van der Waals surface area contributed by atoms with Gasteiger partial charge >= 0.3 is 0 Å². The van der Waals surface area contributed by atoms with Gasteiger partial charge in [-0.05, 0) is 23.8 Å². The van der Waals surface area contributed by atoms with E-state index >= 15 is 0 Å². The molecule has 0 N–H and O–H groups in total. The predicted molar refractivity (Wildman–Crippen MR) is 81.6 cm³/mol. The van der Waals surface area contributed by atoms with Crippen molar-refractivity contribution in [2.45, 2.75) is 17.4 Å². The van der Waals surface area contributed by atoms with Gasteiger partial charge in [-0.15, -0.1) is 11.8 Å². The van der Waals surface area contributed by atoms with Crippen molar-refractivity contribution >= 4 is 17.5 Å². The van der Waals surface area contributed by atoms with E-state index in [1.54, 1.807) is 11.8 Å². The zero-order valence-electron chi connectivity index (χ0n) is 11.4. The monoisotopic (exact) mass is 298 g/mol. The first-order valence-electron chi connectivity index (χ1n) is 7.00. The number of carbonyl (C=O) groups excluding carboxylic acids is 1. The first-order valence-corrected chi connectivity index (χ1v) is 7.99. The third-order valence-corrected chi connectivity index (χ3v) is 4.90. The molecule has 2 aromatic carbocycles. The maximum atomic E-state index is 12.8. The fourth-order valence-electron chi connectivity index (χ4n) is 2.73. The molecule has 0 saturated heterocycles. The average molecular weight is 298 g/mol. The van der Waals surface area contributed by atoms with Gasteiger partial charge in [0.1, 0.15) is 11.5 Å². The number of benzene rings is 2. The number of carbonyl (C=O) groups is 1. The van der Waals surface area contributed by atoms with Crippen LogP contribution in [0.1, 0.15) is 15.9 Å². The van der Waals surface area contributed by atoms with Crippen molar-refractivity contribution < 1.29 is 14.3 Å². The van der Waals surface area contributed by atoms with E-state index in [-0.39, 0.29) is 5.78 Å². The van der Waals surface area contributed by atoms with Gasteiger partial charge in [0.25, 0.3) is 0 Å². The van der Waals surface area contributed by atoms with Gasteiger partial charge in [0.05, 0.1) is 12.2 Å². The van der Waals surface area contributed by atoms with E-state index in [2.05, 4.69) is 0 Å². The van der Waals surface area contributed by atoms with Crippen LogP contribution >= 0.6 is 11.8 Å². The molecule has 2 aliphatic rings. The fraction of sp³-hybridized carbons (Fsp3) is 0.235. The van der Waals surface area contributed by atoms with E-state index in [1.807, 2.05) is 42.5 Å². The van der Waals surface area contributed by atoms with Crippen molar-refractivity contribution in [3.8, 4) is 11.5 Å². The predicted octanol–water partition coefficient (Wildman–Crippen LogP) is 3.36. The molecule has 0 radical (unpaired) electrons. The highest BCUT2D eigenvalue weighted by atomic mass is 32.2. The second-order valence-corrected chi connectivity index (χ2v) is 6.18. The standard InChI is InChI=1S/C17H14O3S/c18-16(12-5-3-4-11-8-9-19-17(11)12)14-10-21-15-7-2-1-6-13(15)20-14/h1-7,14H,8-10H2. The largest absolute Gasteiger partial charge is 0.492 e. The van der Waals surface area contributed by atoms with Crippen LogP contribution in [0.2, 0.25) is 0 Å². The van der Waals surface area contributed by atoms with Gasteiger partial charge in [0.15, 0.2) is 6.10 Å². The summed E-state index contributed by atoms with van der Waals surface area (Å²) in [5.74, 6) is 2.19. The summed E-state index contributed by atoms with van der Waals surface area (Å²) >= 11 is 1.67. The molecule has 106 valence electrons. The summed E-state index contributed by atoms with van der Waals surface area (Å²) in [6.07, 6.45) is 0.431. The van der Waals surface area contributed by atoms with Gasteiger partial charge < -0.3 is 9.47 Å². The Morgan fingerprint density at radius 1 is 1.14 bits per heavy atom. The second-order valence-electron chi connectivity index (χ2n) is 5.12. The van der Waals surface area contributed by atoms with Gasteiger partial charge in [0.2, 0.25) is 5.78 Å². The van der Waals surface area contributed by atoms with Crippen molar-refractivity contribution in [3.63, 3.8) is 0 Å². The molecule has 21 heavy (non-hydrogen) atoms. The SMILES string of the molecule is O=C(c1cccc2c1OCC2)C1CSc2ccccc2O1. The molecular weight excluding hydrogens is 284 g/mol. The molecule has 0 aliphatic carbocycles. The Bertz CT molecular complexity index is 711. The van der Waals surface area contributed by atoms with Crippen LogP contribution in [0, 0.1) is 0 Å². The number of ether oxygens (including phenoxy) is 2. The molecule has 3 nitrogen and oxygen atoms in total. The number of ketones is 1. The van der Waals surface area contributed by atoms with E-state index in [0.29, 0.717) is 17.9 Å². The van der Waals surface area contributed by atoms with Crippen LogP contribution in [-0.2, 0) is 6.42 Å². The Balaban J connectivity index is 1.64. The number of Topliss-reactive ketones (excluding diaryl/α,β-unsaturated/α-hetero) is 1. The van der Waals surface area contributed by atoms with Gasteiger partial charge in [-0.3, -0.25) is 4.79 Å². The van der Waals surface area contributed by atoms with E-state index in [4.69, 9.17) is 9.47 Å². The molecule has 2 aliphatic heterocycles. The van der Waals surface area contributed by atoms with Crippen molar-refractivity contribution in [1.29, 1.82) is 0 Å². The first-order chi connectivity index (χ1) is 10.3. The van der Waals surface area contributed by atoms with E-state index in [9.17, 15) is 4.79 Å². The Morgan fingerprint density at radius 3 is 3.00 bits per heavy atom. The summed E-state index contributed by atoms with van der Waals surface area (Å²) < 4.78 is 11.5. The molecule has 4 rings (SSSR count). The minimum absolute atomic E-state index is 0.00996. The summed E-state index contributed by atoms with van der Waals surface area (Å²) in [4.78, 5) is 13.8.